The van der Waals surface area contributed by atoms with Gasteiger partial charge in [0.05, 0.1) is 12.6 Å². The number of amides is 1. The van der Waals surface area contributed by atoms with Crippen molar-refractivity contribution in [3.63, 3.8) is 0 Å². The maximum atomic E-state index is 11.4. The lowest BCUT2D eigenvalue weighted by Gasteiger charge is -2.13. The smallest absolute Gasteiger partial charge is 0.242 e. The normalized spacial score (nSPS) is 12.4. The highest BCUT2D eigenvalue weighted by molar-refractivity contribution is 5.75. The second kappa shape index (κ2) is 5.39. The molecular weight excluding hydrogens is 182 g/mol. The van der Waals surface area contributed by atoms with E-state index in [1.807, 2.05) is 6.92 Å². The summed E-state index contributed by atoms with van der Waals surface area (Å²) in [5.74, 6) is -0.130. The molecule has 78 valence electrons. The van der Waals surface area contributed by atoms with Gasteiger partial charge in [-0.15, -0.1) is 0 Å². The molecule has 0 saturated heterocycles. The fourth-order valence-corrected chi connectivity index (χ4v) is 1.09. The second-order valence-electron chi connectivity index (χ2n) is 3.06. The van der Waals surface area contributed by atoms with E-state index < -0.39 is 0 Å². The van der Waals surface area contributed by atoms with Gasteiger partial charge in [0.15, 0.2) is 0 Å². The van der Waals surface area contributed by atoms with Crippen molar-refractivity contribution in [1.82, 2.24) is 15.1 Å². The third kappa shape index (κ3) is 3.18. The van der Waals surface area contributed by atoms with Crippen LogP contribution in [-0.4, -0.2) is 33.4 Å². The molecule has 1 atom stereocenters. The van der Waals surface area contributed by atoms with E-state index >= 15 is 0 Å². The Labute approximate surface area is 82.7 Å². The van der Waals surface area contributed by atoms with Crippen LogP contribution in [0.1, 0.15) is 13.3 Å². The molecule has 0 saturated carbocycles. The number of hydrogen-bond acceptors (Lipinski definition) is 3. The van der Waals surface area contributed by atoms with Crippen molar-refractivity contribution < 1.29 is 9.90 Å². The summed E-state index contributed by atoms with van der Waals surface area (Å²) in [5, 5.41) is 15.5. The van der Waals surface area contributed by atoms with Crippen LogP contribution in [0.25, 0.3) is 0 Å². The molecular formula is C9H15N3O2. The number of carbonyl (C=O) groups excluding carboxylic acids is 1. The Bertz CT molecular complexity index is 268. The number of aliphatic hydroxyl groups is 1. The first-order chi connectivity index (χ1) is 6.76. The number of carbonyl (C=O) groups is 1. The van der Waals surface area contributed by atoms with Crippen LogP contribution in [0, 0.1) is 0 Å². The average molecular weight is 197 g/mol. The van der Waals surface area contributed by atoms with Crippen LogP contribution in [0.2, 0.25) is 0 Å². The maximum absolute atomic E-state index is 11.4. The summed E-state index contributed by atoms with van der Waals surface area (Å²) >= 11 is 0. The van der Waals surface area contributed by atoms with E-state index in [-0.39, 0.29) is 25.1 Å². The van der Waals surface area contributed by atoms with E-state index in [4.69, 9.17) is 5.11 Å². The van der Waals surface area contributed by atoms with Gasteiger partial charge in [0.25, 0.3) is 0 Å². The molecule has 1 heterocycles. The van der Waals surface area contributed by atoms with E-state index in [0.717, 1.165) is 6.42 Å². The first kappa shape index (κ1) is 10.7. The second-order valence-corrected chi connectivity index (χ2v) is 3.06. The Morgan fingerprint density at radius 2 is 2.50 bits per heavy atom. The van der Waals surface area contributed by atoms with Gasteiger partial charge in [0, 0.05) is 12.4 Å². The lowest BCUT2D eigenvalue weighted by molar-refractivity contribution is -0.122. The molecule has 0 aliphatic heterocycles. The molecule has 0 fully saturated rings. The van der Waals surface area contributed by atoms with Gasteiger partial charge in [0.1, 0.15) is 6.54 Å². The van der Waals surface area contributed by atoms with Crippen molar-refractivity contribution in [3.8, 4) is 0 Å². The van der Waals surface area contributed by atoms with Crippen LogP contribution < -0.4 is 5.32 Å². The van der Waals surface area contributed by atoms with Crippen LogP contribution >= 0.6 is 0 Å². The molecule has 0 bridgehead atoms. The summed E-state index contributed by atoms with van der Waals surface area (Å²) in [6.45, 7) is 2.08. The van der Waals surface area contributed by atoms with Crippen molar-refractivity contribution >= 4 is 5.91 Å². The molecule has 0 aromatic carbocycles. The molecule has 0 aliphatic rings. The highest BCUT2D eigenvalue weighted by Crippen LogP contribution is 1.90. The van der Waals surface area contributed by atoms with Crippen LogP contribution in [0.3, 0.4) is 0 Å². The van der Waals surface area contributed by atoms with E-state index in [1.165, 1.54) is 0 Å². The van der Waals surface area contributed by atoms with Gasteiger partial charge >= 0.3 is 0 Å². The standard InChI is InChI=1S/C9H15N3O2/c1-2-8(7-13)11-9(14)6-12-5-3-4-10-12/h3-5,8,13H,2,6-7H2,1H3,(H,11,14). The number of nitrogens with one attached hydrogen (secondary N) is 1. The Morgan fingerprint density at radius 1 is 1.71 bits per heavy atom. The monoisotopic (exact) mass is 197 g/mol. The van der Waals surface area contributed by atoms with E-state index in [2.05, 4.69) is 10.4 Å². The number of aromatic nitrogens is 2. The van der Waals surface area contributed by atoms with E-state index in [0.29, 0.717) is 0 Å². The molecule has 0 radical (unpaired) electrons. The van der Waals surface area contributed by atoms with Gasteiger partial charge in [-0.1, -0.05) is 6.92 Å². The minimum absolute atomic E-state index is 0.0264. The molecule has 0 aliphatic carbocycles. The summed E-state index contributed by atoms with van der Waals surface area (Å²) in [5.41, 5.74) is 0. The number of nitrogens with zero attached hydrogens (tertiary/aromatic N) is 2. The SMILES string of the molecule is CCC(CO)NC(=O)Cn1cccn1. The summed E-state index contributed by atoms with van der Waals surface area (Å²) in [7, 11) is 0. The fraction of sp³-hybridized carbons (Fsp3) is 0.556. The van der Waals surface area contributed by atoms with Crippen LogP contribution in [0.5, 0.6) is 0 Å². The molecule has 1 unspecified atom stereocenters. The minimum Gasteiger partial charge on any atom is -0.394 e. The lowest BCUT2D eigenvalue weighted by Crippen LogP contribution is -2.38. The summed E-state index contributed by atoms with van der Waals surface area (Å²) in [6.07, 6.45) is 4.07. The molecule has 5 heteroatoms. The van der Waals surface area contributed by atoms with Gasteiger partial charge in [-0.3, -0.25) is 9.48 Å². The van der Waals surface area contributed by atoms with E-state index in [1.54, 1.807) is 23.1 Å². The quantitative estimate of drug-likeness (QED) is 0.685. The fourth-order valence-electron chi connectivity index (χ4n) is 1.09. The zero-order chi connectivity index (χ0) is 10.4. The first-order valence-corrected chi connectivity index (χ1v) is 4.64. The molecule has 1 aromatic rings. The third-order valence-electron chi connectivity index (χ3n) is 1.94. The highest BCUT2D eigenvalue weighted by atomic mass is 16.3. The molecule has 14 heavy (non-hydrogen) atoms. The highest BCUT2D eigenvalue weighted by Gasteiger charge is 2.09. The molecule has 1 amide bonds. The van der Waals surface area contributed by atoms with Gasteiger partial charge < -0.3 is 10.4 Å². The Balaban J connectivity index is 2.35. The van der Waals surface area contributed by atoms with Crippen LogP contribution in [0.15, 0.2) is 18.5 Å². The van der Waals surface area contributed by atoms with Gasteiger partial charge in [-0.2, -0.15) is 5.10 Å². The molecule has 1 aromatic heterocycles. The predicted molar refractivity (Wildman–Crippen MR) is 51.5 cm³/mol. The number of rotatable bonds is 5. The van der Waals surface area contributed by atoms with Gasteiger partial charge in [0.2, 0.25) is 5.91 Å². The van der Waals surface area contributed by atoms with Gasteiger partial charge in [-0.05, 0) is 12.5 Å². The summed E-state index contributed by atoms with van der Waals surface area (Å²) < 4.78 is 1.54. The Kier molecular flexibility index (Phi) is 4.12. The molecule has 5 nitrogen and oxygen atoms in total. The van der Waals surface area contributed by atoms with Crippen molar-refractivity contribution in [3.05, 3.63) is 18.5 Å². The lowest BCUT2D eigenvalue weighted by atomic mass is 10.2. The Hall–Kier alpha value is -1.36. The van der Waals surface area contributed by atoms with Crippen molar-refractivity contribution in [2.45, 2.75) is 25.9 Å². The summed E-state index contributed by atoms with van der Waals surface area (Å²) in [6, 6.07) is 1.61. The van der Waals surface area contributed by atoms with Crippen molar-refractivity contribution in [2.75, 3.05) is 6.61 Å². The maximum Gasteiger partial charge on any atom is 0.242 e. The molecule has 0 spiro atoms. The molecule has 2 N–H and O–H groups in total. The topological polar surface area (TPSA) is 67.2 Å². The number of aliphatic hydroxyl groups excluding tert-OH is 1. The van der Waals surface area contributed by atoms with Crippen molar-refractivity contribution in [1.29, 1.82) is 0 Å². The third-order valence-corrected chi connectivity index (χ3v) is 1.94. The van der Waals surface area contributed by atoms with Crippen molar-refractivity contribution in [2.24, 2.45) is 0 Å². The van der Waals surface area contributed by atoms with Crippen LogP contribution in [0.4, 0.5) is 0 Å². The zero-order valence-electron chi connectivity index (χ0n) is 8.18. The molecule has 1 rings (SSSR count). The average Bonchev–Trinajstić information content (AvgIpc) is 2.66. The zero-order valence-corrected chi connectivity index (χ0v) is 8.18. The van der Waals surface area contributed by atoms with Crippen LogP contribution in [-0.2, 0) is 11.3 Å². The number of hydrogen-bond donors (Lipinski definition) is 2. The van der Waals surface area contributed by atoms with Gasteiger partial charge in [-0.25, -0.2) is 0 Å². The predicted octanol–water partition coefficient (Wildman–Crippen LogP) is -0.230. The first-order valence-electron chi connectivity index (χ1n) is 4.64. The Morgan fingerprint density at radius 3 is 3.00 bits per heavy atom. The van der Waals surface area contributed by atoms with E-state index in [9.17, 15) is 4.79 Å². The minimum atomic E-state index is -0.155. The summed E-state index contributed by atoms with van der Waals surface area (Å²) in [4.78, 5) is 11.4. The largest absolute Gasteiger partial charge is 0.394 e.